The number of aliphatic hydroxyl groups excluding tert-OH is 1. The summed E-state index contributed by atoms with van der Waals surface area (Å²) in [6, 6.07) is 1.82. The van der Waals surface area contributed by atoms with Crippen LogP contribution in [0.15, 0.2) is 10.6 Å². The molecule has 0 fully saturated rings. The van der Waals surface area contributed by atoms with E-state index in [2.05, 4.69) is 20.8 Å². The third-order valence-electron chi connectivity index (χ3n) is 4.04. The maximum atomic E-state index is 12.4. The van der Waals surface area contributed by atoms with E-state index in [1.165, 1.54) is 0 Å². The highest BCUT2D eigenvalue weighted by atomic mass is 16.5. The standard InChI is InChI=1S/C15H23N5O3/c1-5-15(4,6-7-21)16-14(22)13-11(3)20(19-17-13)9-12-8-10(2)18-23-12/h8,21H,5-7,9H2,1-4H3,(H,16,22). The molecule has 0 aromatic carbocycles. The van der Waals surface area contributed by atoms with Crippen LogP contribution < -0.4 is 5.32 Å². The molecule has 2 aromatic heterocycles. The molecule has 0 aliphatic carbocycles. The fourth-order valence-corrected chi connectivity index (χ4v) is 2.27. The lowest BCUT2D eigenvalue weighted by atomic mass is 9.94. The number of carbonyl (C=O) groups is 1. The highest BCUT2D eigenvalue weighted by molar-refractivity contribution is 5.93. The van der Waals surface area contributed by atoms with Crippen LogP contribution in [0.3, 0.4) is 0 Å². The SMILES string of the molecule is CCC(C)(CCO)NC(=O)c1nnn(Cc2cc(C)no2)c1C. The molecule has 8 heteroatoms. The lowest BCUT2D eigenvalue weighted by Crippen LogP contribution is -2.46. The zero-order chi connectivity index (χ0) is 17.0. The largest absolute Gasteiger partial charge is 0.396 e. The van der Waals surface area contributed by atoms with Gasteiger partial charge in [0.25, 0.3) is 5.91 Å². The number of amides is 1. The average Bonchev–Trinajstić information content (AvgIpc) is 3.06. The summed E-state index contributed by atoms with van der Waals surface area (Å²) in [5.41, 5.74) is 1.25. The number of aromatic nitrogens is 4. The third kappa shape index (κ3) is 3.95. The van der Waals surface area contributed by atoms with Gasteiger partial charge >= 0.3 is 0 Å². The van der Waals surface area contributed by atoms with Gasteiger partial charge in [0.1, 0.15) is 6.54 Å². The van der Waals surface area contributed by atoms with Crippen molar-refractivity contribution >= 4 is 5.91 Å². The zero-order valence-electron chi connectivity index (χ0n) is 14.0. The molecule has 0 saturated heterocycles. The van der Waals surface area contributed by atoms with Crippen molar-refractivity contribution in [3.63, 3.8) is 0 Å². The van der Waals surface area contributed by atoms with Crippen LogP contribution >= 0.6 is 0 Å². The minimum absolute atomic E-state index is 0.0150. The summed E-state index contributed by atoms with van der Waals surface area (Å²) < 4.78 is 6.76. The van der Waals surface area contributed by atoms with Crippen LogP contribution in [0.4, 0.5) is 0 Å². The third-order valence-corrected chi connectivity index (χ3v) is 4.04. The molecule has 1 unspecified atom stereocenters. The van der Waals surface area contributed by atoms with E-state index < -0.39 is 5.54 Å². The number of hydrogen-bond acceptors (Lipinski definition) is 6. The minimum Gasteiger partial charge on any atom is -0.396 e. The molecular weight excluding hydrogens is 298 g/mol. The summed E-state index contributed by atoms with van der Waals surface area (Å²) in [4.78, 5) is 12.4. The molecule has 0 saturated carbocycles. The smallest absolute Gasteiger partial charge is 0.274 e. The lowest BCUT2D eigenvalue weighted by Gasteiger charge is -2.28. The number of rotatable bonds is 7. The quantitative estimate of drug-likeness (QED) is 0.794. The molecular formula is C15H23N5O3. The predicted octanol–water partition coefficient (Wildman–Crippen LogP) is 1.21. The monoisotopic (exact) mass is 321 g/mol. The molecule has 23 heavy (non-hydrogen) atoms. The van der Waals surface area contributed by atoms with Gasteiger partial charge in [0, 0.05) is 18.2 Å². The normalized spacial score (nSPS) is 13.8. The van der Waals surface area contributed by atoms with Crippen LogP contribution in [-0.4, -0.2) is 43.3 Å². The number of aliphatic hydroxyl groups is 1. The number of nitrogens with zero attached hydrogens (tertiary/aromatic N) is 4. The molecule has 2 aromatic rings. The summed E-state index contributed by atoms with van der Waals surface area (Å²) in [5.74, 6) is 0.362. The Labute approximate surface area is 134 Å². The Balaban J connectivity index is 2.13. The van der Waals surface area contributed by atoms with E-state index >= 15 is 0 Å². The molecule has 0 radical (unpaired) electrons. The van der Waals surface area contributed by atoms with Gasteiger partial charge in [0.15, 0.2) is 11.5 Å². The van der Waals surface area contributed by atoms with Crippen molar-refractivity contribution in [3.05, 3.63) is 28.9 Å². The highest BCUT2D eigenvalue weighted by Crippen LogP contribution is 2.16. The Morgan fingerprint density at radius 2 is 2.22 bits per heavy atom. The topological polar surface area (TPSA) is 106 Å². The van der Waals surface area contributed by atoms with E-state index in [1.54, 1.807) is 11.6 Å². The van der Waals surface area contributed by atoms with Crippen molar-refractivity contribution in [1.82, 2.24) is 25.5 Å². The number of hydrogen-bond donors (Lipinski definition) is 2. The van der Waals surface area contributed by atoms with Crippen LogP contribution in [0.25, 0.3) is 0 Å². The highest BCUT2D eigenvalue weighted by Gasteiger charge is 2.27. The molecule has 2 heterocycles. The van der Waals surface area contributed by atoms with E-state index in [4.69, 9.17) is 9.63 Å². The van der Waals surface area contributed by atoms with Crippen LogP contribution in [0.5, 0.6) is 0 Å². The van der Waals surface area contributed by atoms with Crippen molar-refractivity contribution < 1.29 is 14.4 Å². The fraction of sp³-hybridized carbons (Fsp3) is 0.600. The summed E-state index contributed by atoms with van der Waals surface area (Å²) in [7, 11) is 0. The molecule has 2 N–H and O–H groups in total. The summed E-state index contributed by atoms with van der Waals surface area (Å²) in [6.45, 7) is 7.88. The fourth-order valence-electron chi connectivity index (χ4n) is 2.27. The van der Waals surface area contributed by atoms with E-state index in [0.717, 1.165) is 5.69 Å². The van der Waals surface area contributed by atoms with Gasteiger partial charge in [-0.25, -0.2) is 4.68 Å². The first-order valence-corrected chi connectivity index (χ1v) is 7.64. The Hall–Kier alpha value is -2.22. The van der Waals surface area contributed by atoms with E-state index in [1.807, 2.05) is 26.8 Å². The van der Waals surface area contributed by atoms with Gasteiger partial charge in [-0.3, -0.25) is 4.79 Å². The van der Waals surface area contributed by atoms with Crippen molar-refractivity contribution in [2.45, 2.75) is 52.6 Å². The first-order valence-electron chi connectivity index (χ1n) is 7.64. The van der Waals surface area contributed by atoms with Gasteiger partial charge in [-0.1, -0.05) is 17.3 Å². The van der Waals surface area contributed by atoms with Crippen molar-refractivity contribution in [3.8, 4) is 0 Å². The second-order valence-electron chi connectivity index (χ2n) is 5.96. The molecule has 0 aliphatic heterocycles. The first-order chi connectivity index (χ1) is 10.9. The van der Waals surface area contributed by atoms with Gasteiger partial charge < -0.3 is 14.9 Å². The molecule has 8 nitrogen and oxygen atoms in total. The Kier molecular flexibility index (Phi) is 5.15. The zero-order valence-corrected chi connectivity index (χ0v) is 14.0. The maximum absolute atomic E-state index is 12.4. The summed E-state index contributed by atoms with van der Waals surface area (Å²) in [6.07, 6.45) is 1.20. The molecule has 0 spiro atoms. The van der Waals surface area contributed by atoms with Gasteiger partial charge in [0.05, 0.1) is 11.4 Å². The van der Waals surface area contributed by atoms with Crippen molar-refractivity contribution in [1.29, 1.82) is 0 Å². The van der Waals surface area contributed by atoms with Crippen LogP contribution in [0, 0.1) is 13.8 Å². The van der Waals surface area contributed by atoms with E-state index in [-0.39, 0.29) is 18.2 Å². The average molecular weight is 321 g/mol. The van der Waals surface area contributed by atoms with Crippen LogP contribution in [-0.2, 0) is 6.54 Å². The van der Waals surface area contributed by atoms with Gasteiger partial charge in [-0.05, 0) is 33.6 Å². The second-order valence-corrected chi connectivity index (χ2v) is 5.96. The molecule has 1 amide bonds. The minimum atomic E-state index is -0.468. The number of carbonyl (C=O) groups excluding carboxylic acids is 1. The molecule has 126 valence electrons. The van der Waals surface area contributed by atoms with Crippen LogP contribution in [0.2, 0.25) is 0 Å². The summed E-state index contributed by atoms with van der Waals surface area (Å²) in [5, 5.41) is 23.9. The van der Waals surface area contributed by atoms with Crippen molar-refractivity contribution in [2.75, 3.05) is 6.61 Å². The molecule has 1 atom stereocenters. The number of aryl methyl sites for hydroxylation is 1. The lowest BCUT2D eigenvalue weighted by molar-refractivity contribution is 0.0880. The number of nitrogens with one attached hydrogen (secondary N) is 1. The first kappa shape index (κ1) is 17.1. The van der Waals surface area contributed by atoms with Gasteiger partial charge in [0.2, 0.25) is 0 Å². The van der Waals surface area contributed by atoms with E-state index in [0.29, 0.717) is 30.8 Å². The Morgan fingerprint density at radius 1 is 1.48 bits per heavy atom. The molecule has 0 aliphatic rings. The summed E-state index contributed by atoms with van der Waals surface area (Å²) >= 11 is 0. The Bertz CT molecular complexity index is 678. The molecule has 2 rings (SSSR count). The molecule has 0 bridgehead atoms. The Morgan fingerprint density at radius 3 is 2.78 bits per heavy atom. The second kappa shape index (κ2) is 6.91. The predicted molar refractivity (Wildman–Crippen MR) is 83.0 cm³/mol. The maximum Gasteiger partial charge on any atom is 0.274 e. The van der Waals surface area contributed by atoms with Gasteiger partial charge in [-0.15, -0.1) is 5.10 Å². The van der Waals surface area contributed by atoms with Crippen LogP contribution in [0.1, 0.15) is 54.3 Å². The van der Waals surface area contributed by atoms with Crippen molar-refractivity contribution in [2.24, 2.45) is 0 Å². The van der Waals surface area contributed by atoms with Gasteiger partial charge in [-0.2, -0.15) is 0 Å². The van der Waals surface area contributed by atoms with E-state index in [9.17, 15) is 4.79 Å².